The fraction of sp³-hybridized carbons (Fsp3) is 0.429. The van der Waals surface area contributed by atoms with Gasteiger partial charge in [-0.2, -0.15) is 0 Å². The lowest BCUT2D eigenvalue weighted by Crippen LogP contribution is -2.16. The summed E-state index contributed by atoms with van der Waals surface area (Å²) >= 11 is 0. The molecule has 2 atom stereocenters. The molecule has 4 nitrogen and oxygen atoms in total. The quantitative estimate of drug-likeness (QED) is 0.877. The predicted octanol–water partition coefficient (Wildman–Crippen LogP) is 2.51. The molecule has 1 aromatic carbocycles. The molecule has 2 saturated carbocycles. The van der Waals surface area contributed by atoms with Gasteiger partial charge in [0, 0.05) is 5.92 Å². The molecule has 0 heterocycles. The molecule has 0 saturated heterocycles. The third-order valence-electron chi connectivity index (χ3n) is 3.88. The van der Waals surface area contributed by atoms with Crippen LogP contribution in [0.3, 0.4) is 0 Å². The highest BCUT2D eigenvalue weighted by Gasteiger charge is 2.51. The Hall–Kier alpha value is -1.91. The monoisotopic (exact) mass is 263 g/mol. The van der Waals surface area contributed by atoms with Crippen LogP contribution in [0.2, 0.25) is 0 Å². The Morgan fingerprint density at radius 3 is 2.68 bits per heavy atom. The van der Waals surface area contributed by atoms with Crippen LogP contribution in [-0.4, -0.2) is 17.0 Å². The van der Waals surface area contributed by atoms with Crippen LogP contribution < -0.4 is 5.32 Å². The van der Waals surface area contributed by atoms with Crippen LogP contribution in [0.25, 0.3) is 0 Å². The number of benzene rings is 1. The SMILES string of the molecule is O=C(O)c1ccc(F)c(NC(=O)C2CC2C2CC2)c1. The number of aromatic carboxylic acids is 1. The van der Waals surface area contributed by atoms with Crippen LogP contribution >= 0.6 is 0 Å². The van der Waals surface area contributed by atoms with Gasteiger partial charge in [0.05, 0.1) is 11.3 Å². The topological polar surface area (TPSA) is 66.4 Å². The molecule has 2 N–H and O–H groups in total. The van der Waals surface area contributed by atoms with E-state index in [4.69, 9.17) is 5.11 Å². The second-order valence-corrected chi connectivity index (χ2v) is 5.33. The first-order valence-corrected chi connectivity index (χ1v) is 6.40. The summed E-state index contributed by atoms with van der Waals surface area (Å²) < 4.78 is 13.5. The van der Waals surface area contributed by atoms with Crippen molar-refractivity contribution in [1.29, 1.82) is 0 Å². The molecule has 0 bridgehead atoms. The molecule has 2 unspecified atom stereocenters. The molecular weight excluding hydrogens is 249 g/mol. The van der Waals surface area contributed by atoms with Gasteiger partial charge in [-0.25, -0.2) is 9.18 Å². The summed E-state index contributed by atoms with van der Waals surface area (Å²) in [5.74, 6) is -0.852. The van der Waals surface area contributed by atoms with Crippen LogP contribution in [0.15, 0.2) is 18.2 Å². The Balaban J connectivity index is 1.70. The Morgan fingerprint density at radius 1 is 1.32 bits per heavy atom. The zero-order valence-corrected chi connectivity index (χ0v) is 10.2. The van der Waals surface area contributed by atoms with Crippen molar-refractivity contribution in [2.45, 2.75) is 19.3 Å². The molecule has 0 spiro atoms. The molecule has 0 aromatic heterocycles. The fourth-order valence-corrected chi connectivity index (χ4v) is 2.54. The van der Waals surface area contributed by atoms with Gasteiger partial charge in [-0.15, -0.1) is 0 Å². The highest BCUT2D eigenvalue weighted by Crippen LogP contribution is 2.54. The molecule has 2 aliphatic rings. The smallest absolute Gasteiger partial charge is 0.335 e. The van der Waals surface area contributed by atoms with Gasteiger partial charge in [-0.05, 0) is 49.3 Å². The first kappa shape index (κ1) is 12.1. The summed E-state index contributed by atoms with van der Waals surface area (Å²) in [6.45, 7) is 0. The van der Waals surface area contributed by atoms with Gasteiger partial charge >= 0.3 is 5.97 Å². The standard InChI is InChI=1S/C14H14FNO3/c15-11-4-3-8(14(18)19)5-12(11)16-13(17)10-6-9(10)7-1-2-7/h3-5,7,9-10H,1-2,6H2,(H,16,17)(H,18,19). The largest absolute Gasteiger partial charge is 0.478 e. The minimum atomic E-state index is -1.14. The number of rotatable bonds is 4. The van der Waals surface area contributed by atoms with Gasteiger partial charge in [-0.1, -0.05) is 0 Å². The summed E-state index contributed by atoms with van der Waals surface area (Å²) in [5, 5.41) is 11.3. The van der Waals surface area contributed by atoms with Crippen LogP contribution in [-0.2, 0) is 4.79 Å². The zero-order valence-electron chi connectivity index (χ0n) is 10.2. The van der Waals surface area contributed by atoms with Gasteiger partial charge in [0.2, 0.25) is 5.91 Å². The number of hydrogen-bond acceptors (Lipinski definition) is 2. The molecule has 2 fully saturated rings. The first-order chi connectivity index (χ1) is 9.06. The minimum Gasteiger partial charge on any atom is -0.478 e. The number of carbonyl (C=O) groups is 2. The van der Waals surface area contributed by atoms with Gasteiger partial charge < -0.3 is 10.4 Å². The highest BCUT2D eigenvalue weighted by molar-refractivity contribution is 5.96. The molecule has 19 heavy (non-hydrogen) atoms. The van der Waals surface area contributed by atoms with E-state index in [1.165, 1.54) is 18.9 Å². The summed E-state index contributed by atoms with van der Waals surface area (Å²) in [5.41, 5.74) is -0.0856. The van der Waals surface area contributed by atoms with E-state index in [0.717, 1.165) is 18.6 Å². The van der Waals surface area contributed by atoms with E-state index in [1.54, 1.807) is 0 Å². The number of carboxylic acids is 1. The summed E-state index contributed by atoms with van der Waals surface area (Å²) in [7, 11) is 0. The maximum atomic E-state index is 13.5. The van der Waals surface area contributed by atoms with E-state index in [0.29, 0.717) is 11.8 Å². The van der Waals surface area contributed by atoms with Crippen molar-refractivity contribution in [3.8, 4) is 0 Å². The van der Waals surface area contributed by atoms with Gasteiger partial charge in [0.1, 0.15) is 5.82 Å². The van der Waals surface area contributed by atoms with E-state index in [-0.39, 0.29) is 23.1 Å². The molecular formula is C14H14FNO3. The summed E-state index contributed by atoms with van der Waals surface area (Å²) in [6.07, 6.45) is 3.26. The summed E-state index contributed by atoms with van der Waals surface area (Å²) in [4.78, 5) is 22.7. The van der Waals surface area contributed by atoms with Crippen molar-refractivity contribution in [1.82, 2.24) is 0 Å². The molecule has 3 rings (SSSR count). The van der Waals surface area contributed by atoms with E-state index < -0.39 is 11.8 Å². The number of anilines is 1. The molecule has 0 radical (unpaired) electrons. The lowest BCUT2D eigenvalue weighted by atomic mass is 10.1. The number of amides is 1. The normalized spacial score (nSPS) is 24.9. The zero-order chi connectivity index (χ0) is 13.6. The van der Waals surface area contributed by atoms with Crippen LogP contribution in [0.5, 0.6) is 0 Å². The Labute approximate surface area is 109 Å². The number of carboxylic acid groups (broad SMARTS) is 1. The van der Waals surface area contributed by atoms with Gasteiger partial charge in [-0.3, -0.25) is 4.79 Å². The molecule has 2 aliphatic carbocycles. The molecule has 1 amide bonds. The van der Waals surface area contributed by atoms with E-state index in [9.17, 15) is 14.0 Å². The number of carbonyl (C=O) groups excluding carboxylic acids is 1. The number of hydrogen-bond donors (Lipinski definition) is 2. The average molecular weight is 263 g/mol. The van der Waals surface area contributed by atoms with Crippen molar-refractivity contribution in [2.75, 3.05) is 5.32 Å². The fourth-order valence-electron chi connectivity index (χ4n) is 2.54. The van der Waals surface area contributed by atoms with Crippen molar-refractivity contribution < 1.29 is 19.1 Å². The lowest BCUT2D eigenvalue weighted by Gasteiger charge is -2.07. The van der Waals surface area contributed by atoms with Gasteiger partial charge in [0.25, 0.3) is 0 Å². The van der Waals surface area contributed by atoms with Crippen LogP contribution in [0.4, 0.5) is 10.1 Å². The lowest BCUT2D eigenvalue weighted by molar-refractivity contribution is -0.117. The van der Waals surface area contributed by atoms with Crippen LogP contribution in [0, 0.1) is 23.6 Å². The van der Waals surface area contributed by atoms with Gasteiger partial charge in [0.15, 0.2) is 0 Å². The summed E-state index contributed by atoms with van der Waals surface area (Å²) in [6, 6.07) is 3.39. The van der Waals surface area contributed by atoms with Crippen LogP contribution in [0.1, 0.15) is 29.6 Å². The van der Waals surface area contributed by atoms with E-state index >= 15 is 0 Å². The van der Waals surface area contributed by atoms with Crippen molar-refractivity contribution >= 4 is 17.6 Å². The number of halogens is 1. The Morgan fingerprint density at radius 2 is 2.05 bits per heavy atom. The molecule has 1 aromatic rings. The van der Waals surface area contributed by atoms with Crippen molar-refractivity contribution in [3.05, 3.63) is 29.6 Å². The second kappa shape index (κ2) is 4.33. The van der Waals surface area contributed by atoms with Crippen molar-refractivity contribution in [2.24, 2.45) is 17.8 Å². The maximum absolute atomic E-state index is 13.5. The third-order valence-corrected chi connectivity index (χ3v) is 3.88. The Bertz CT molecular complexity index is 554. The first-order valence-electron chi connectivity index (χ1n) is 6.40. The molecule has 5 heteroatoms. The van der Waals surface area contributed by atoms with Crippen molar-refractivity contribution in [3.63, 3.8) is 0 Å². The minimum absolute atomic E-state index is 0.0274. The second-order valence-electron chi connectivity index (χ2n) is 5.33. The number of nitrogens with one attached hydrogen (secondary N) is 1. The molecule has 0 aliphatic heterocycles. The third kappa shape index (κ3) is 2.45. The average Bonchev–Trinajstić information content (AvgIpc) is 3.23. The maximum Gasteiger partial charge on any atom is 0.335 e. The predicted molar refractivity (Wildman–Crippen MR) is 66.3 cm³/mol. The highest BCUT2D eigenvalue weighted by atomic mass is 19.1. The Kier molecular flexibility index (Phi) is 2.77. The molecule has 100 valence electrons. The van der Waals surface area contributed by atoms with E-state index in [1.807, 2.05) is 0 Å². The van der Waals surface area contributed by atoms with E-state index in [2.05, 4.69) is 5.32 Å².